The molecule has 7 nitrogen and oxygen atoms in total. The van der Waals surface area contributed by atoms with Crippen LogP contribution >= 0.6 is 11.6 Å². The van der Waals surface area contributed by atoms with E-state index >= 15 is 0 Å². The normalized spacial score (nSPS) is 15.3. The number of sulfonamides is 1. The number of carbonyl (C=O) groups excluding carboxylic acids is 2. The maximum atomic E-state index is 13.6. The van der Waals surface area contributed by atoms with Crippen LogP contribution in [0, 0.1) is 0 Å². The Hall–Kier alpha value is -2.79. The average molecular weight is 616 g/mol. The first-order valence-corrected chi connectivity index (χ1v) is 16.0. The number of nitrogens with one attached hydrogen (secondary N) is 1. The van der Waals surface area contributed by atoms with Crippen molar-refractivity contribution in [3.63, 3.8) is 0 Å². The molecule has 12 heteroatoms. The van der Waals surface area contributed by atoms with E-state index in [9.17, 15) is 31.2 Å². The molecule has 0 aromatic heterocycles. The van der Waals surface area contributed by atoms with Crippen molar-refractivity contribution in [3.05, 3.63) is 64.7 Å². The molecule has 2 aromatic carbocycles. The first-order valence-electron chi connectivity index (χ1n) is 13.8. The highest BCUT2D eigenvalue weighted by molar-refractivity contribution is 7.92. The van der Waals surface area contributed by atoms with Crippen molar-refractivity contribution >= 4 is 39.1 Å². The third-order valence-electron chi connectivity index (χ3n) is 7.22. The van der Waals surface area contributed by atoms with Gasteiger partial charge in [-0.3, -0.25) is 13.9 Å². The Bertz CT molecular complexity index is 1280. The smallest absolute Gasteiger partial charge is 0.352 e. The van der Waals surface area contributed by atoms with E-state index in [1.807, 2.05) is 6.92 Å². The van der Waals surface area contributed by atoms with Crippen LogP contribution in [0.5, 0.6) is 0 Å². The SMILES string of the molecule is CCC(C(=O)NC1CCCCC1)N(Cc1ccc(Cl)cc1)C(=O)CCCN(c1cccc(C(F)(F)F)c1)S(C)(=O)=O. The summed E-state index contributed by atoms with van der Waals surface area (Å²) in [5, 5.41) is 3.63. The molecule has 0 bridgehead atoms. The Kier molecular flexibility index (Phi) is 11.5. The van der Waals surface area contributed by atoms with Crippen LogP contribution in [0.4, 0.5) is 18.9 Å². The van der Waals surface area contributed by atoms with Crippen LogP contribution in [0.25, 0.3) is 0 Å². The zero-order chi connectivity index (χ0) is 30.2. The molecule has 1 saturated carbocycles. The molecule has 41 heavy (non-hydrogen) atoms. The number of amides is 2. The summed E-state index contributed by atoms with van der Waals surface area (Å²) < 4.78 is 65.6. The Morgan fingerprint density at radius 1 is 1.07 bits per heavy atom. The lowest BCUT2D eigenvalue weighted by atomic mass is 9.95. The molecular weight excluding hydrogens is 579 g/mol. The van der Waals surface area contributed by atoms with Crippen molar-refractivity contribution in [2.45, 2.75) is 83.1 Å². The summed E-state index contributed by atoms with van der Waals surface area (Å²) in [7, 11) is -3.94. The first kappa shape index (κ1) is 32.7. The maximum Gasteiger partial charge on any atom is 0.416 e. The summed E-state index contributed by atoms with van der Waals surface area (Å²) in [4.78, 5) is 28.4. The Labute approximate surface area is 245 Å². The van der Waals surface area contributed by atoms with Gasteiger partial charge in [-0.25, -0.2) is 8.42 Å². The van der Waals surface area contributed by atoms with Crippen molar-refractivity contribution in [2.24, 2.45) is 0 Å². The van der Waals surface area contributed by atoms with Gasteiger partial charge in [-0.2, -0.15) is 13.2 Å². The lowest BCUT2D eigenvalue weighted by Gasteiger charge is -2.33. The van der Waals surface area contributed by atoms with E-state index in [1.54, 1.807) is 24.3 Å². The van der Waals surface area contributed by atoms with Gasteiger partial charge in [0.15, 0.2) is 0 Å². The van der Waals surface area contributed by atoms with Crippen LogP contribution in [0.1, 0.15) is 69.4 Å². The number of nitrogens with zero attached hydrogens (tertiary/aromatic N) is 2. The molecule has 3 rings (SSSR count). The quantitative estimate of drug-likeness (QED) is 0.310. The molecule has 1 atom stereocenters. The molecule has 0 radical (unpaired) electrons. The Balaban J connectivity index is 1.77. The van der Waals surface area contributed by atoms with Crippen LogP contribution < -0.4 is 9.62 Å². The van der Waals surface area contributed by atoms with Gasteiger partial charge in [-0.1, -0.05) is 56.0 Å². The second kappa shape index (κ2) is 14.4. The number of hydrogen-bond donors (Lipinski definition) is 1. The maximum absolute atomic E-state index is 13.6. The van der Waals surface area contributed by atoms with E-state index in [0.29, 0.717) is 11.4 Å². The van der Waals surface area contributed by atoms with Gasteiger partial charge in [0.2, 0.25) is 21.8 Å². The molecule has 2 aromatic rings. The summed E-state index contributed by atoms with van der Waals surface area (Å²) >= 11 is 6.02. The number of benzene rings is 2. The van der Waals surface area contributed by atoms with E-state index in [0.717, 1.165) is 66.4 Å². The van der Waals surface area contributed by atoms with Gasteiger partial charge in [0.1, 0.15) is 6.04 Å². The van der Waals surface area contributed by atoms with Crippen LogP contribution in [0.15, 0.2) is 48.5 Å². The Morgan fingerprint density at radius 2 is 1.73 bits per heavy atom. The molecule has 2 amide bonds. The van der Waals surface area contributed by atoms with Crippen molar-refractivity contribution < 1.29 is 31.2 Å². The second-order valence-corrected chi connectivity index (χ2v) is 12.7. The lowest BCUT2D eigenvalue weighted by molar-refractivity contribution is -0.141. The molecule has 0 spiro atoms. The van der Waals surface area contributed by atoms with Gasteiger partial charge in [0.25, 0.3) is 0 Å². The van der Waals surface area contributed by atoms with Crippen molar-refractivity contribution in [1.82, 2.24) is 10.2 Å². The number of rotatable bonds is 12. The number of alkyl halides is 3. The lowest BCUT2D eigenvalue weighted by Crippen LogP contribution is -2.51. The molecule has 0 aliphatic heterocycles. The predicted octanol–water partition coefficient (Wildman–Crippen LogP) is 6.16. The fourth-order valence-electron chi connectivity index (χ4n) is 5.09. The molecule has 1 aliphatic rings. The summed E-state index contributed by atoms with van der Waals surface area (Å²) in [5.41, 5.74) is -0.330. The van der Waals surface area contributed by atoms with Crippen molar-refractivity contribution in [3.8, 4) is 0 Å². The zero-order valence-electron chi connectivity index (χ0n) is 23.3. The van der Waals surface area contributed by atoms with E-state index in [2.05, 4.69) is 5.32 Å². The van der Waals surface area contributed by atoms with E-state index < -0.39 is 27.8 Å². The van der Waals surface area contributed by atoms with Crippen molar-refractivity contribution in [1.29, 1.82) is 0 Å². The fourth-order valence-corrected chi connectivity index (χ4v) is 6.17. The number of halogens is 4. The summed E-state index contributed by atoms with van der Waals surface area (Å²) in [5.74, 6) is -0.591. The minimum Gasteiger partial charge on any atom is -0.352 e. The van der Waals surface area contributed by atoms with E-state index in [1.165, 1.54) is 11.0 Å². The summed E-state index contributed by atoms with van der Waals surface area (Å²) in [6.45, 7) is 1.77. The van der Waals surface area contributed by atoms with Crippen LogP contribution in [-0.4, -0.2) is 50.0 Å². The van der Waals surface area contributed by atoms with Gasteiger partial charge in [-0.05, 0) is 61.6 Å². The minimum absolute atomic E-state index is 0.0416. The summed E-state index contributed by atoms with van der Waals surface area (Å²) in [6, 6.07) is 10.3. The van der Waals surface area contributed by atoms with Crippen LogP contribution in [-0.2, 0) is 32.3 Å². The van der Waals surface area contributed by atoms with Gasteiger partial charge in [0.05, 0.1) is 17.5 Å². The average Bonchev–Trinajstić information content (AvgIpc) is 2.91. The highest BCUT2D eigenvalue weighted by atomic mass is 35.5. The number of hydrogen-bond acceptors (Lipinski definition) is 4. The van der Waals surface area contributed by atoms with E-state index in [4.69, 9.17) is 11.6 Å². The highest BCUT2D eigenvalue weighted by Gasteiger charge is 2.32. The topological polar surface area (TPSA) is 86.8 Å². The molecule has 0 saturated heterocycles. The third-order valence-corrected chi connectivity index (χ3v) is 8.66. The van der Waals surface area contributed by atoms with Gasteiger partial charge in [-0.15, -0.1) is 0 Å². The fraction of sp³-hybridized carbons (Fsp3) is 0.517. The molecule has 1 N–H and O–H groups in total. The number of carbonyl (C=O) groups is 2. The molecule has 1 aliphatic carbocycles. The molecule has 1 fully saturated rings. The summed E-state index contributed by atoms with van der Waals surface area (Å²) in [6.07, 6.45) is 1.58. The second-order valence-electron chi connectivity index (χ2n) is 10.4. The Morgan fingerprint density at radius 3 is 2.32 bits per heavy atom. The first-order chi connectivity index (χ1) is 19.3. The van der Waals surface area contributed by atoms with Gasteiger partial charge < -0.3 is 10.2 Å². The van der Waals surface area contributed by atoms with E-state index in [-0.39, 0.29) is 49.5 Å². The zero-order valence-corrected chi connectivity index (χ0v) is 24.9. The van der Waals surface area contributed by atoms with Crippen LogP contribution in [0.2, 0.25) is 5.02 Å². The highest BCUT2D eigenvalue weighted by Crippen LogP contribution is 2.32. The van der Waals surface area contributed by atoms with Gasteiger partial charge in [0, 0.05) is 30.6 Å². The van der Waals surface area contributed by atoms with Gasteiger partial charge >= 0.3 is 6.18 Å². The number of anilines is 1. The molecule has 1 unspecified atom stereocenters. The largest absolute Gasteiger partial charge is 0.416 e. The molecule has 226 valence electrons. The third kappa shape index (κ3) is 9.63. The van der Waals surface area contributed by atoms with Crippen molar-refractivity contribution in [2.75, 3.05) is 17.1 Å². The van der Waals surface area contributed by atoms with Crippen LogP contribution in [0.3, 0.4) is 0 Å². The molecular formula is C29H37ClF3N3O4S. The predicted molar refractivity (Wildman–Crippen MR) is 154 cm³/mol. The minimum atomic E-state index is -4.63. The standard InChI is InChI=1S/C29H37ClF3N3O4S/c1-3-26(28(38)34-24-10-5-4-6-11-24)35(20-21-14-16-23(30)17-15-21)27(37)13-8-18-36(41(2,39)40)25-12-7-9-22(19-25)29(31,32)33/h7,9,12,14-17,19,24,26H,3-6,8,10-11,13,18,20H2,1-2H3,(H,34,38). The molecule has 0 heterocycles. The monoisotopic (exact) mass is 615 g/mol.